The van der Waals surface area contributed by atoms with Gasteiger partial charge in [-0.25, -0.2) is 9.18 Å². The van der Waals surface area contributed by atoms with Gasteiger partial charge in [0.25, 0.3) is 0 Å². The van der Waals surface area contributed by atoms with Gasteiger partial charge < -0.3 is 10.1 Å². The molecular formula is C16H26FNO3. The van der Waals surface area contributed by atoms with Gasteiger partial charge in [0, 0.05) is 6.08 Å². The highest BCUT2D eigenvalue weighted by Crippen LogP contribution is 2.35. The summed E-state index contributed by atoms with van der Waals surface area (Å²) >= 11 is 0. The van der Waals surface area contributed by atoms with Gasteiger partial charge in [-0.05, 0) is 37.5 Å². The summed E-state index contributed by atoms with van der Waals surface area (Å²) in [6, 6.07) is -0.779. The van der Waals surface area contributed by atoms with Crippen LogP contribution in [0.1, 0.15) is 47.0 Å². The summed E-state index contributed by atoms with van der Waals surface area (Å²) in [6.07, 6.45) is 3.86. The van der Waals surface area contributed by atoms with E-state index in [1.54, 1.807) is 6.92 Å². The molecule has 0 aromatic heterocycles. The molecule has 0 saturated heterocycles. The van der Waals surface area contributed by atoms with E-state index in [0.29, 0.717) is 17.8 Å². The molecule has 120 valence electrons. The molecule has 4 nitrogen and oxygen atoms in total. The van der Waals surface area contributed by atoms with Gasteiger partial charge in [0.1, 0.15) is 12.1 Å². The summed E-state index contributed by atoms with van der Waals surface area (Å²) in [6.45, 7) is 7.98. The molecule has 0 bridgehead atoms. The first-order chi connectivity index (χ1) is 9.85. The van der Waals surface area contributed by atoms with Crippen LogP contribution in [-0.4, -0.2) is 24.0 Å². The Labute approximate surface area is 126 Å². The number of halogens is 1. The summed E-state index contributed by atoms with van der Waals surface area (Å²) in [4.78, 5) is 23.3. The molecular weight excluding hydrogens is 273 g/mol. The summed E-state index contributed by atoms with van der Waals surface area (Å²) in [5.74, 6) is 0.255. The van der Waals surface area contributed by atoms with Crippen LogP contribution in [0.3, 0.4) is 0 Å². The Balaban J connectivity index is 2.59. The quantitative estimate of drug-likeness (QED) is 0.627. The Bertz CT molecular complexity index is 395. The number of carbonyl (C=O) groups excluding carboxylic acids is 2. The highest BCUT2D eigenvalue weighted by atomic mass is 19.1. The minimum absolute atomic E-state index is 0.0997. The topological polar surface area (TPSA) is 55.4 Å². The van der Waals surface area contributed by atoms with Crippen molar-refractivity contribution < 1.29 is 18.7 Å². The number of esters is 1. The average Bonchev–Trinajstić information content (AvgIpc) is 2.38. The van der Waals surface area contributed by atoms with Gasteiger partial charge in [-0.1, -0.05) is 27.2 Å². The lowest BCUT2D eigenvalue weighted by Crippen LogP contribution is -2.43. The molecule has 4 atom stereocenters. The van der Waals surface area contributed by atoms with E-state index in [0.717, 1.165) is 25.3 Å². The Morgan fingerprint density at radius 2 is 1.95 bits per heavy atom. The van der Waals surface area contributed by atoms with E-state index in [2.05, 4.69) is 26.1 Å². The average molecular weight is 299 g/mol. The molecule has 0 aromatic carbocycles. The summed E-state index contributed by atoms with van der Waals surface area (Å²) in [7, 11) is 0. The maximum atomic E-state index is 12.1. The van der Waals surface area contributed by atoms with Crippen LogP contribution in [0.4, 0.5) is 4.39 Å². The number of rotatable bonds is 5. The van der Waals surface area contributed by atoms with E-state index >= 15 is 0 Å². The maximum Gasteiger partial charge on any atom is 0.328 e. The highest BCUT2D eigenvalue weighted by Gasteiger charge is 2.34. The zero-order valence-electron chi connectivity index (χ0n) is 13.3. The second-order valence-electron chi connectivity index (χ2n) is 6.32. The van der Waals surface area contributed by atoms with Crippen molar-refractivity contribution >= 4 is 11.9 Å². The SMILES string of the molecule is CC1CCC(C(C)C)C(OC(=O)[C@H](C)NC(=O)C=CF)C1. The molecule has 1 fully saturated rings. The van der Waals surface area contributed by atoms with Crippen LogP contribution in [0.25, 0.3) is 0 Å². The first-order valence-electron chi connectivity index (χ1n) is 7.62. The smallest absolute Gasteiger partial charge is 0.328 e. The zero-order chi connectivity index (χ0) is 16.0. The fraction of sp³-hybridized carbons (Fsp3) is 0.750. The van der Waals surface area contributed by atoms with Crippen LogP contribution in [0.15, 0.2) is 12.4 Å². The lowest BCUT2D eigenvalue weighted by atomic mass is 9.75. The van der Waals surface area contributed by atoms with Crippen molar-refractivity contribution in [3.63, 3.8) is 0 Å². The number of ether oxygens (including phenoxy) is 1. The van der Waals surface area contributed by atoms with Gasteiger partial charge >= 0.3 is 5.97 Å². The molecule has 0 spiro atoms. The van der Waals surface area contributed by atoms with Crippen molar-refractivity contribution in [1.82, 2.24) is 5.32 Å². The van der Waals surface area contributed by atoms with Crippen molar-refractivity contribution in [2.45, 2.75) is 59.1 Å². The molecule has 0 aliphatic heterocycles. The van der Waals surface area contributed by atoms with Gasteiger partial charge in [0.05, 0.1) is 6.33 Å². The molecule has 0 heterocycles. The summed E-state index contributed by atoms with van der Waals surface area (Å²) < 4.78 is 17.5. The fourth-order valence-electron chi connectivity index (χ4n) is 2.88. The first kappa shape index (κ1) is 17.7. The van der Waals surface area contributed by atoms with E-state index in [9.17, 15) is 14.0 Å². The largest absolute Gasteiger partial charge is 0.461 e. The minimum atomic E-state index is -0.779. The standard InChI is InChI=1S/C16H26FNO3/c1-10(2)13-6-5-11(3)9-14(13)21-16(20)12(4)18-15(19)7-8-17/h7-8,10-14H,5-6,9H2,1-4H3,(H,18,19)/t11?,12-,13?,14?/m0/s1. The normalized spacial score (nSPS) is 27.6. The third-order valence-electron chi connectivity index (χ3n) is 4.16. The van der Waals surface area contributed by atoms with E-state index in [1.165, 1.54) is 0 Å². The number of nitrogens with one attached hydrogen (secondary N) is 1. The molecule has 0 aromatic rings. The Morgan fingerprint density at radius 1 is 1.29 bits per heavy atom. The predicted octanol–water partition coefficient (Wildman–Crippen LogP) is 2.98. The van der Waals surface area contributed by atoms with E-state index < -0.39 is 17.9 Å². The number of carbonyl (C=O) groups is 2. The van der Waals surface area contributed by atoms with E-state index in [1.807, 2.05) is 0 Å². The lowest BCUT2D eigenvalue weighted by molar-refractivity contribution is -0.158. The van der Waals surface area contributed by atoms with E-state index in [4.69, 9.17) is 4.74 Å². The fourth-order valence-corrected chi connectivity index (χ4v) is 2.88. The van der Waals surface area contributed by atoms with Gasteiger partial charge in [0.2, 0.25) is 5.91 Å². The van der Waals surface area contributed by atoms with Crippen LogP contribution in [0.2, 0.25) is 0 Å². The second-order valence-corrected chi connectivity index (χ2v) is 6.32. The monoisotopic (exact) mass is 299 g/mol. The Morgan fingerprint density at radius 3 is 2.52 bits per heavy atom. The Kier molecular flexibility index (Phi) is 6.85. The molecule has 1 amide bonds. The minimum Gasteiger partial charge on any atom is -0.461 e. The molecule has 5 heteroatoms. The zero-order valence-corrected chi connectivity index (χ0v) is 13.3. The first-order valence-corrected chi connectivity index (χ1v) is 7.62. The second kappa shape index (κ2) is 8.15. The van der Waals surface area contributed by atoms with Crippen LogP contribution in [0, 0.1) is 17.8 Å². The Hall–Kier alpha value is -1.39. The highest BCUT2D eigenvalue weighted by molar-refractivity contribution is 5.91. The number of amides is 1. The molecule has 1 rings (SSSR count). The van der Waals surface area contributed by atoms with Crippen LogP contribution < -0.4 is 5.32 Å². The van der Waals surface area contributed by atoms with Crippen molar-refractivity contribution in [2.24, 2.45) is 17.8 Å². The predicted molar refractivity (Wildman–Crippen MR) is 79.1 cm³/mol. The molecule has 1 aliphatic rings. The third-order valence-corrected chi connectivity index (χ3v) is 4.16. The summed E-state index contributed by atoms with van der Waals surface area (Å²) in [5.41, 5.74) is 0. The molecule has 3 unspecified atom stereocenters. The van der Waals surface area contributed by atoms with Gasteiger partial charge in [-0.15, -0.1) is 0 Å². The lowest BCUT2D eigenvalue weighted by Gasteiger charge is -2.37. The van der Waals surface area contributed by atoms with Gasteiger partial charge in [0.15, 0.2) is 0 Å². The van der Waals surface area contributed by atoms with Crippen LogP contribution >= 0.6 is 0 Å². The van der Waals surface area contributed by atoms with Crippen LogP contribution in [-0.2, 0) is 14.3 Å². The molecule has 21 heavy (non-hydrogen) atoms. The summed E-state index contributed by atoms with van der Waals surface area (Å²) in [5, 5.41) is 2.39. The van der Waals surface area contributed by atoms with Gasteiger partial charge in [-0.3, -0.25) is 4.79 Å². The molecule has 1 saturated carbocycles. The van der Waals surface area contributed by atoms with Crippen molar-refractivity contribution in [2.75, 3.05) is 0 Å². The number of hydrogen-bond acceptors (Lipinski definition) is 3. The number of hydrogen-bond donors (Lipinski definition) is 1. The molecule has 0 radical (unpaired) electrons. The van der Waals surface area contributed by atoms with Gasteiger partial charge in [-0.2, -0.15) is 0 Å². The van der Waals surface area contributed by atoms with E-state index in [-0.39, 0.29) is 12.4 Å². The van der Waals surface area contributed by atoms with Crippen molar-refractivity contribution in [1.29, 1.82) is 0 Å². The van der Waals surface area contributed by atoms with Crippen LogP contribution in [0.5, 0.6) is 0 Å². The van der Waals surface area contributed by atoms with Crippen molar-refractivity contribution in [3.8, 4) is 0 Å². The maximum absolute atomic E-state index is 12.1. The molecule has 1 N–H and O–H groups in total. The molecule has 1 aliphatic carbocycles. The van der Waals surface area contributed by atoms with Crippen molar-refractivity contribution in [3.05, 3.63) is 12.4 Å². The third kappa shape index (κ3) is 5.48.